The maximum Gasteiger partial charge on any atom is 0.326 e. The number of nitrogens with zero attached hydrogens (tertiary/aromatic N) is 1. The molecule has 0 unspecified atom stereocenters. The topological polar surface area (TPSA) is 743 Å². The predicted molar refractivity (Wildman–Crippen MR) is 450 cm³/mol. The van der Waals surface area contributed by atoms with Gasteiger partial charge in [-0.2, -0.15) is 11.8 Å². The molecule has 1 aromatic carbocycles. The van der Waals surface area contributed by atoms with E-state index in [0.717, 1.165) is 25.7 Å². The van der Waals surface area contributed by atoms with Gasteiger partial charge in [0.25, 0.3) is 0 Å². The highest BCUT2D eigenvalue weighted by Crippen LogP contribution is 2.20. The number of likely N-dealkylation sites (tertiary alicyclic amines) is 1. The predicted octanol–water partition coefficient (Wildman–Crippen LogP) is -9.08. The van der Waals surface area contributed by atoms with Gasteiger partial charge >= 0.3 is 17.9 Å². The lowest BCUT2D eigenvalue weighted by molar-refractivity contribution is -0.147. The number of aliphatic carboxylic acids is 3. The molecule has 1 aliphatic rings. The minimum Gasteiger partial charge on any atom is -0.508 e. The third kappa shape index (κ3) is 39.8. The lowest BCUT2D eigenvalue weighted by Crippen LogP contribution is -2.60. The van der Waals surface area contributed by atoms with Crippen molar-refractivity contribution in [1.29, 1.82) is 0 Å². The summed E-state index contributed by atoms with van der Waals surface area (Å²) in [7, 11) is 0. The third-order valence-corrected chi connectivity index (χ3v) is 19.8. The molecule has 1 aromatic rings. The highest BCUT2D eigenvalue weighted by Gasteiger charge is 2.41. The molecule has 2 rings (SSSR count). The van der Waals surface area contributed by atoms with Crippen LogP contribution in [-0.4, -0.2) is 319 Å². The summed E-state index contributed by atoms with van der Waals surface area (Å²) in [5.74, 6) is -23.7. The number of nitrogens with one attached hydrogen (secondary N) is 18. The number of carboxylic acid groups (broad SMARTS) is 3. The molecule has 1 aliphatic heterocycles. The zero-order chi connectivity index (χ0) is 96.7. The molecule has 26 N–H and O–H groups in total. The SMILES string of the molecule is CSCC[C@H](NC(=O)[C@@H](NC(=O)CNC(=O)[C@H](C)NC(=O)[C@H](C)NC(=O)[C@H](C)NC(=O)[C@H](CC(=O)O)NC(=O)[C@H](C)NC(=O)[C@@H]1CCCN1C(=O)[C@H](CO)NC(=O)[C@H](C)NC(=O)[C@H](CC(C)C)NC(=O)CNC(=O)[C@H](CC(C)C)NC(=O)[C@H](C)NC(=O)[C@@H](NC(=O)[C@H](C)N)C(C)C)[C@@H](C)O)C(=O)N[C@@H](Cc1ccc(O)cc1)C(=O)NCC(=O)N[C@@H](CC(=O)O)C(=O)O. The molecule has 0 saturated carbocycles. The summed E-state index contributed by atoms with van der Waals surface area (Å²) < 4.78 is 0. The lowest BCUT2D eigenvalue weighted by atomic mass is 10.0. The Kier molecular flexibility index (Phi) is 47.5. The van der Waals surface area contributed by atoms with Crippen molar-refractivity contribution in [2.75, 3.05) is 44.8 Å². The smallest absolute Gasteiger partial charge is 0.326 e. The number of phenolic OH excluding ortho intramolecular Hbond substituents is 1. The number of aliphatic hydroxyl groups is 2. The first kappa shape index (κ1) is 111. The average Bonchev–Trinajstić information content (AvgIpc) is 1.69. The molecule has 1 saturated heterocycles. The van der Waals surface area contributed by atoms with Gasteiger partial charge in [-0.1, -0.05) is 53.7 Å². The van der Waals surface area contributed by atoms with Gasteiger partial charge in [0.1, 0.15) is 102 Å². The summed E-state index contributed by atoms with van der Waals surface area (Å²) in [6.45, 7) is 16.6. The molecular weight excluding hydrogens is 1700 g/mol. The molecule has 49 heteroatoms. The zero-order valence-corrected chi connectivity index (χ0v) is 74.2. The minimum atomic E-state index is -1.92. The van der Waals surface area contributed by atoms with E-state index in [0.29, 0.717) is 5.56 Å². The van der Waals surface area contributed by atoms with Gasteiger partial charge in [0, 0.05) is 13.0 Å². The summed E-state index contributed by atoms with van der Waals surface area (Å²) in [6.07, 6.45) is -2.14. The van der Waals surface area contributed by atoms with E-state index < -0.39 is 284 Å². The van der Waals surface area contributed by atoms with E-state index in [4.69, 9.17) is 10.8 Å². The number of nitrogens with two attached hydrogens (primary N) is 1. The van der Waals surface area contributed by atoms with Crippen LogP contribution < -0.4 is 101 Å². The minimum absolute atomic E-state index is 0.000589. The third-order valence-electron chi connectivity index (χ3n) is 19.1. The number of carbonyl (C=O) groups is 22. The van der Waals surface area contributed by atoms with Crippen molar-refractivity contribution >= 4 is 142 Å². The maximum atomic E-state index is 14.0. The van der Waals surface area contributed by atoms with Crippen LogP contribution in [0.1, 0.15) is 147 Å². The monoisotopic (exact) mass is 1820 g/mol. The normalized spacial score (nSPS) is 16.3. The summed E-state index contributed by atoms with van der Waals surface area (Å²) >= 11 is 1.24. The molecule has 19 amide bonds. The van der Waals surface area contributed by atoms with Gasteiger partial charge in [0.2, 0.25) is 112 Å². The van der Waals surface area contributed by atoms with E-state index in [2.05, 4.69) is 90.4 Å². The molecular formula is C78H124N20O28S. The van der Waals surface area contributed by atoms with Crippen molar-refractivity contribution in [3.05, 3.63) is 29.8 Å². The summed E-state index contributed by atoms with van der Waals surface area (Å²) in [5, 5.41) is 101. The molecule has 0 spiro atoms. The van der Waals surface area contributed by atoms with Crippen LogP contribution in [0.5, 0.6) is 5.75 Å². The number of aromatic hydroxyl groups is 1. The molecule has 0 aliphatic carbocycles. The van der Waals surface area contributed by atoms with E-state index in [1.165, 1.54) is 70.6 Å². The Bertz CT molecular complexity index is 4080. The van der Waals surface area contributed by atoms with Crippen LogP contribution in [0.4, 0.5) is 0 Å². The maximum absolute atomic E-state index is 14.0. The molecule has 0 aromatic heterocycles. The van der Waals surface area contributed by atoms with Crippen molar-refractivity contribution in [3.63, 3.8) is 0 Å². The van der Waals surface area contributed by atoms with E-state index in [1.54, 1.807) is 47.8 Å². The van der Waals surface area contributed by atoms with Crippen molar-refractivity contribution in [1.82, 2.24) is 101 Å². The number of aliphatic hydroxyl groups excluding tert-OH is 2. The Balaban J connectivity index is 2.05. The number of carboxylic acids is 3. The highest BCUT2D eigenvalue weighted by atomic mass is 32.2. The Morgan fingerprint density at radius 2 is 0.795 bits per heavy atom. The number of benzene rings is 1. The first-order valence-electron chi connectivity index (χ1n) is 40.9. The summed E-state index contributed by atoms with van der Waals surface area (Å²) in [6, 6.07) is -19.4. The zero-order valence-electron chi connectivity index (χ0n) is 73.4. The number of hydrogen-bond donors (Lipinski definition) is 25. The second-order valence-electron chi connectivity index (χ2n) is 31.7. The second-order valence-corrected chi connectivity index (χ2v) is 32.7. The number of carbonyl (C=O) groups excluding carboxylic acids is 19. The fraction of sp³-hybridized carbons (Fsp3) is 0.641. The van der Waals surface area contributed by atoms with Crippen LogP contribution in [0.15, 0.2) is 24.3 Å². The quantitative estimate of drug-likeness (QED) is 0.0288. The first-order chi connectivity index (χ1) is 59.2. The van der Waals surface area contributed by atoms with E-state index >= 15 is 0 Å². The van der Waals surface area contributed by atoms with Crippen LogP contribution in [-0.2, 0) is 112 Å². The number of phenols is 1. The Morgan fingerprint density at radius 3 is 1.25 bits per heavy atom. The Hall–Kier alpha value is -12.4. The van der Waals surface area contributed by atoms with Gasteiger partial charge in [0.05, 0.1) is 51.2 Å². The fourth-order valence-electron chi connectivity index (χ4n) is 12.0. The van der Waals surface area contributed by atoms with Gasteiger partial charge < -0.3 is 137 Å². The van der Waals surface area contributed by atoms with Gasteiger partial charge in [-0.25, -0.2) is 4.79 Å². The second kappa shape index (κ2) is 54.5. The van der Waals surface area contributed by atoms with Crippen molar-refractivity contribution < 1.29 is 136 Å². The van der Waals surface area contributed by atoms with Gasteiger partial charge in [0.15, 0.2) is 0 Å². The molecule has 1 fully saturated rings. The largest absolute Gasteiger partial charge is 0.508 e. The Morgan fingerprint density at radius 1 is 0.417 bits per heavy atom. The van der Waals surface area contributed by atoms with Gasteiger partial charge in [-0.05, 0) is 135 Å². The molecule has 710 valence electrons. The molecule has 127 heavy (non-hydrogen) atoms. The van der Waals surface area contributed by atoms with Crippen LogP contribution in [0, 0.1) is 17.8 Å². The van der Waals surface area contributed by atoms with Crippen molar-refractivity contribution in [2.45, 2.75) is 257 Å². The molecule has 18 atom stereocenters. The number of hydrogen-bond acceptors (Lipinski definition) is 27. The van der Waals surface area contributed by atoms with Crippen LogP contribution >= 0.6 is 11.8 Å². The lowest BCUT2D eigenvalue weighted by Gasteiger charge is -2.29. The first-order valence-corrected chi connectivity index (χ1v) is 42.3. The van der Waals surface area contributed by atoms with Crippen molar-refractivity contribution in [3.8, 4) is 5.75 Å². The standard InChI is InChI=1S/C78H124N20O28S/c1-34(2)25-48(92-67(114)43(13)88-75(122)60(36(5)6)97-62(109)37(7)79)69(116)81-30-55(102)89-49(26-35(3)4)72(119)86-41(11)68(115)95-53(33-99)77(124)98-23-16-17-54(98)74(121)87-42(12)66(113)93-51(28-58(105)106)73(120)85-40(10)65(112)84-39(9)64(111)83-38(8)63(110)80-32-57(104)96-61(44(14)100)76(123)91-47(22-24-127-15)71(118)94-50(27-45-18-20-46(101)21-19-45)70(117)82-31-56(103)90-52(78(125)126)29-59(107)108/h18-21,34-44,47-54,60-61,99-101H,16-17,22-33,79H2,1-15H3,(H,80,110)(H,81,116)(H,82,117)(H,83,111)(H,84,112)(H,85,120)(H,86,119)(H,87,121)(H,88,122)(H,89,102)(H,90,103)(H,91,123)(H,92,114)(H,93,113)(H,94,118)(H,95,115)(H,96,104)(H,97,109)(H,105,106)(H,107,108)(H,125,126)/t37-,38-,39-,40-,41-,42-,43-,44+,47-,48-,49-,50-,51-,52-,53-,54-,60-,61-/m0/s1. The van der Waals surface area contributed by atoms with Gasteiger partial charge in [-0.15, -0.1) is 0 Å². The van der Waals surface area contributed by atoms with Crippen LogP contribution in [0.3, 0.4) is 0 Å². The molecule has 0 radical (unpaired) electrons. The van der Waals surface area contributed by atoms with E-state index in [-0.39, 0.29) is 68.4 Å². The summed E-state index contributed by atoms with van der Waals surface area (Å²) in [4.78, 5) is 290. The van der Waals surface area contributed by atoms with Crippen molar-refractivity contribution in [2.24, 2.45) is 23.5 Å². The fourth-order valence-corrected chi connectivity index (χ4v) is 12.5. The summed E-state index contributed by atoms with van der Waals surface area (Å²) in [5.41, 5.74) is 6.01. The number of amides is 19. The van der Waals surface area contributed by atoms with Crippen LogP contribution in [0.25, 0.3) is 0 Å². The number of rotatable bonds is 54. The number of thioether (sulfide) groups is 1. The molecule has 1 heterocycles. The average molecular weight is 1820 g/mol. The highest BCUT2D eigenvalue weighted by molar-refractivity contribution is 7.98. The van der Waals surface area contributed by atoms with E-state index in [9.17, 15) is 131 Å². The molecule has 0 bridgehead atoms. The van der Waals surface area contributed by atoms with E-state index in [1.807, 2.05) is 5.32 Å². The Labute approximate surface area is 736 Å². The van der Waals surface area contributed by atoms with Gasteiger partial charge in [-0.3, -0.25) is 101 Å². The van der Waals surface area contributed by atoms with Crippen LogP contribution in [0.2, 0.25) is 0 Å². The molecule has 48 nitrogen and oxygen atoms in total.